The van der Waals surface area contributed by atoms with Crippen LogP contribution >= 0.6 is 15.9 Å². The number of fused-ring (bicyclic) bond motifs is 6. The monoisotopic (exact) mass is 1230 g/mol. The van der Waals surface area contributed by atoms with Crippen LogP contribution in [0.5, 0.6) is 0 Å². The predicted octanol–water partition coefficient (Wildman–Crippen LogP) is 24.9. The molecule has 7 nitrogen and oxygen atoms in total. The molecule has 0 atom stereocenters. The minimum atomic E-state index is 0. The summed E-state index contributed by atoms with van der Waals surface area (Å²) in [7, 11) is 0. The molecule has 0 radical (unpaired) electrons. The number of rotatable bonds is 3. The highest BCUT2D eigenvalue weighted by Gasteiger charge is 2.24. The average Bonchev–Trinajstić information content (AvgIpc) is 3.48. The van der Waals surface area contributed by atoms with Crippen molar-refractivity contribution in [1.82, 2.24) is 21.1 Å². The van der Waals surface area contributed by atoms with Crippen molar-refractivity contribution in [2.75, 3.05) is 40.2 Å². The van der Waals surface area contributed by atoms with E-state index in [-0.39, 0.29) is 13.6 Å². The molecule has 474 valence electrons. The highest BCUT2D eigenvalue weighted by Crippen LogP contribution is 2.39. The van der Waals surface area contributed by atoms with Crippen LogP contribution in [-0.4, -0.2) is 40.4 Å². The summed E-state index contributed by atoms with van der Waals surface area (Å²) in [5.41, 5.74) is 16.8. The molecule has 0 fully saturated rings. The molecule has 0 unspecified atom stereocenters. The molecule has 6 heterocycles. The van der Waals surface area contributed by atoms with Gasteiger partial charge in [-0.2, -0.15) is 0 Å². The first kappa shape index (κ1) is 83.4. The van der Waals surface area contributed by atoms with Gasteiger partial charge in [-0.25, -0.2) is 15.0 Å². The van der Waals surface area contributed by atoms with Gasteiger partial charge < -0.3 is 20.9 Å². The van der Waals surface area contributed by atoms with Crippen LogP contribution in [0.4, 0.5) is 34.5 Å². The standard InChI is InChI=1S/3C14H14N2.3C7H12.6C2H6.CH3Br.CH4.H3N/c3*1-2-16-13-8-4-3-6-11(13)10-12-7-5-9-15-14(12)16;3*1-7-5-3-2-4-6-7;7*1-2;;/h3*3-9H,2,10H2,1H3;3*5H,2-4,6H2,1H3;6*1-2H3;1H3;1H4;1H3. The van der Waals surface area contributed by atoms with Crippen molar-refractivity contribution < 1.29 is 0 Å². The molecule has 3 aromatic heterocycles. The normalized spacial score (nSPS) is 13.3. The second-order valence-corrected chi connectivity index (χ2v) is 19.0. The van der Waals surface area contributed by atoms with Crippen molar-refractivity contribution in [2.24, 2.45) is 0 Å². The zero-order valence-electron chi connectivity index (χ0n) is 56.9. The SMILES string of the molecule is C.CBr.CC.CC.CC.CC.CC.CC.CC1=CCCCC1.CC1=CCCCC1.CC1=CCCCC1.CCN1c2ccccc2Cc2cccnc21.CCN1c2ccccc2Cc2cccnc21.CCN1c2ccccc2Cc2cccnc21.N. The van der Waals surface area contributed by atoms with Crippen molar-refractivity contribution in [3.8, 4) is 0 Å². The number of pyridine rings is 3. The van der Waals surface area contributed by atoms with Crippen molar-refractivity contribution in [3.63, 3.8) is 0 Å². The molecule has 3 N–H and O–H groups in total. The largest absolute Gasteiger partial charge is 0.344 e. The number of halogens is 1. The maximum Gasteiger partial charge on any atom is 0.136 e. The maximum absolute atomic E-state index is 4.50. The topological polar surface area (TPSA) is 83.4 Å². The lowest BCUT2D eigenvalue weighted by Gasteiger charge is -2.31. The number of allylic oxidation sites excluding steroid dienone is 6. The third-order valence-corrected chi connectivity index (χ3v) is 13.9. The molecule has 0 saturated heterocycles. The Morgan fingerprint density at radius 1 is 0.341 bits per heavy atom. The van der Waals surface area contributed by atoms with E-state index in [1.165, 1.54) is 127 Å². The van der Waals surface area contributed by atoms with E-state index >= 15 is 0 Å². The number of aromatic nitrogens is 3. The summed E-state index contributed by atoms with van der Waals surface area (Å²) >= 11 is 2.94. The third kappa shape index (κ3) is 28.5. The molecule has 85 heavy (non-hydrogen) atoms. The summed E-state index contributed by atoms with van der Waals surface area (Å²) in [5, 5.41) is 0. The Labute approximate surface area is 533 Å². The lowest BCUT2D eigenvalue weighted by molar-refractivity contribution is 0.701. The molecule has 6 aliphatic rings. The fourth-order valence-corrected chi connectivity index (χ4v) is 10.1. The summed E-state index contributed by atoms with van der Waals surface area (Å²) in [6.45, 7) is 40.0. The Hall–Kier alpha value is -5.83. The summed E-state index contributed by atoms with van der Waals surface area (Å²) in [4.78, 5) is 20.3. The van der Waals surface area contributed by atoms with E-state index in [2.05, 4.69) is 196 Å². The summed E-state index contributed by atoms with van der Waals surface area (Å²) in [6, 6.07) is 38.3. The maximum atomic E-state index is 4.50. The van der Waals surface area contributed by atoms with Crippen LogP contribution in [0.2, 0.25) is 0 Å². The molecular formula is C77H124BrN7. The number of alkyl halides is 1. The molecule has 6 aromatic rings. The molecule has 0 bridgehead atoms. The molecule has 0 amide bonds. The summed E-state index contributed by atoms with van der Waals surface area (Å²) in [6.07, 6.45) is 32.2. The molecule has 8 heteroatoms. The molecule has 12 rings (SSSR count). The van der Waals surface area contributed by atoms with Crippen molar-refractivity contribution in [2.45, 2.75) is 228 Å². The van der Waals surface area contributed by atoms with Gasteiger partial charge in [0.1, 0.15) is 17.5 Å². The number of hydrogen-bond acceptors (Lipinski definition) is 7. The minimum absolute atomic E-state index is 0. The van der Waals surface area contributed by atoms with Gasteiger partial charge >= 0.3 is 0 Å². The zero-order valence-corrected chi connectivity index (χ0v) is 58.4. The predicted molar refractivity (Wildman–Crippen MR) is 390 cm³/mol. The summed E-state index contributed by atoms with van der Waals surface area (Å²) < 4.78 is 0. The van der Waals surface area contributed by atoms with Crippen LogP contribution in [0.15, 0.2) is 163 Å². The van der Waals surface area contributed by atoms with E-state index < -0.39 is 0 Å². The first-order chi connectivity index (χ1) is 40.9. The molecular weight excluding hydrogens is 1100 g/mol. The van der Waals surface area contributed by atoms with Crippen molar-refractivity contribution >= 4 is 50.4 Å². The Kier molecular flexibility index (Phi) is 52.6. The van der Waals surface area contributed by atoms with Gasteiger partial charge in [-0.15, -0.1) is 0 Å². The van der Waals surface area contributed by atoms with E-state index in [0.717, 1.165) is 56.4 Å². The number of benzene rings is 3. The molecule has 3 aromatic carbocycles. The van der Waals surface area contributed by atoms with E-state index in [9.17, 15) is 0 Å². The van der Waals surface area contributed by atoms with Crippen LogP contribution in [-0.2, 0) is 19.3 Å². The molecule has 3 aliphatic heterocycles. The van der Waals surface area contributed by atoms with E-state index in [4.69, 9.17) is 0 Å². The highest BCUT2D eigenvalue weighted by atomic mass is 79.9. The smallest absolute Gasteiger partial charge is 0.136 e. The lowest BCUT2D eigenvalue weighted by Crippen LogP contribution is -2.23. The molecule has 0 saturated carbocycles. The van der Waals surface area contributed by atoms with Gasteiger partial charge in [-0.1, -0.05) is 214 Å². The first-order valence-corrected chi connectivity index (χ1v) is 34.2. The van der Waals surface area contributed by atoms with Gasteiger partial charge in [0.2, 0.25) is 0 Å². The Morgan fingerprint density at radius 3 is 0.753 bits per heavy atom. The molecule has 3 aliphatic carbocycles. The Bertz CT molecular complexity index is 2230. The lowest BCUT2D eigenvalue weighted by atomic mass is 9.98. The second kappa shape index (κ2) is 53.6. The second-order valence-electron chi connectivity index (χ2n) is 19.0. The van der Waals surface area contributed by atoms with Crippen LogP contribution < -0.4 is 20.9 Å². The van der Waals surface area contributed by atoms with Gasteiger partial charge in [0.05, 0.1) is 0 Å². The van der Waals surface area contributed by atoms with E-state index in [1.54, 1.807) is 16.7 Å². The van der Waals surface area contributed by atoms with Crippen LogP contribution in [0.25, 0.3) is 0 Å². The van der Waals surface area contributed by atoms with Crippen LogP contribution in [0.3, 0.4) is 0 Å². The number of nitrogens with zero attached hydrogens (tertiary/aromatic N) is 6. The highest BCUT2D eigenvalue weighted by molar-refractivity contribution is 9.08. The number of hydrogen-bond donors (Lipinski definition) is 1. The number of para-hydroxylation sites is 3. The zero-order chi connectivity index (χ0) is 62.2. The van der Waals surface area contributed by atoms with Gasteiger partial charge in [0.15, 0.2) is 0 Å². The fraction of sp³-hybridized carbons (Fsp3) is 0.494. The van der Waals surface area contributed by atoms with Crippen molar-refractivity contribution in [3.05, 3.63) is 196 Å². The van der Waals surface area contributed by atoms with E-state index in [1.807, 2.05) is 126 Å². The quantitative estimate of drug-likeness (QED) is 0.140. The average molecular weight is 1230 g/mol. The van der Waals surface area contributed by atoms with Crippen molar-refractivity contribution in [1.29, 1.82) is 0 Å². The first-order valence-electron chi connectivity index (χ1n) is 32.6. The van der Waals surface area contributed by atoms with E-state index in [0.29, 0.717) is 0 Å². The Morgan fingerprint density at radius 2 is 0.565 bits per heavy atom. The van der Waals surface area contributed by atoms with Gasteiger partial charge in [-0.3, -0.25) is 0 Å². The fourth-order valence-electron chi connectivity index (χ4n) is 10.1. The summed E-state index contributed by atoms with van der Waals surface area (Å²) in [5.74, 6) is 5.16. The minimum Gasteiger partial charge on any atom is -0.344 e. The molecule has 0 spiro atoms. The number of anilines is 6. The van der Waals surface area contributed by atoms with Crippen LogP contribution in [0, 0.1) is 0 Å². The van der Waals surface area contributed by atoms with Gasteiger partial charge in [0, 0.05) is 74.5 Å². The van der Waals surface area contributed by atoms with Gasteiger partial charge in [-0.05, 0) is 194 Å². The van der Waals surface area contributed by atoms with Gasteiger partial charge in [0.25, 0.3) is 0 Å². The Balaban J connectivity index is -0.000000932. The van der Waals surface area contributed by atoms with Crippen LogP contribution in [0.1, 0.15) is 242 Å². The third-order valence-electron chi connectivity index (χ3n) is 13.9.